The Morgan fingerprint density at radius 1 is 0.905 bits per heavy atom. The number of halogens is 2. The summed E-state index contributed by atoms with van der Waals surface area (Å²) >= 11 is 14.1. The maximum Gasteiger partial charge on any atom is 0.249 e. The number of benzene rings is 3. The summed E-state index contributed by atoms with van der Waals surface area (Å²) in [6, 6.07) is 25.0. The Hall–Kier alpha value is -3.16. The highest BCUT2D eigenvalue weighted by atomic mass is 35.5. The molecule has 1 saturated heterocycles. The fraction of sp³-hybridized carbons (Fsp3) is 0.294. The molecular formula is C34H34Cl2N4OS. The summed E-state index contributed by atoms with van der Waals surface area (Å²) in [4.78, 5) is 15.1. The van der Waals surface area contributed by atoms with Gasteiger partial charge in [0.25, 0.3) is 0 Å². The van der Waals surface area contributed by atoms with E-state index in [1.54, 1.807) is 11.3 Å². The van der Waals surface area contributed by atoms with Crippen LogP contribution >= 0.6 is 34.5 Å². The van der Waals surface area contributed by atoms with Gasteiger partial charge in [0.15, 0.2) is 0 Å². The minimum Gasteiger partial charge on any atom is -0.382 e. The number of carbonyl (C=O) groups excluding carboxylic acids is 1. The van der Waals surface area contributed by atoms with Crippen LogP contribution in [0.3, 0.4) is 0 Å². The normalized spacial score (nSPS) is 16.1. The molecule has 0 unspecified atom stereocenters. The number of likely N-dealkylation sites (tertiary alicyclic amines) is 1. The standard InChI is InChI=1S/C34H34Cl2N4OS/c35-26-6-1-21(2-7-26)32(22-3-8-27(36)9-4-22)24-5-12-31(39-28-10-11-28)30(18-24)33(37)23-13-15-40(16-14-23)19-29-17-25(20-42-29)34(38)41/h1-9,12,17-18,20,23,28,32,37,39H,10-11,13-16,19H2,(H2,38,41). The largest absolute Gasteiger partial charge is 0.382 e. The van der Waals surface area contributed by atoms with Gasteiger partial charge >= 0.3 is 0 Å². The van der Waals surface area contributed by atoms with Crippen LogP contribution in [0.5, 0.6) is 0 Å². The van der Waals surface area contributed by atoms with Crippen LogP contribution in [0.15, 0.2) is 78.2 Å². The van der Waals surface area contributed by atoms with Crippen LogP contribution in [0.4, 0.5) is 5.69 Å². The van der Waals surface area contributed by atoms with E-state index in [1.165, 1.54) is 12.8 Å². The molecule has 0 atom stereocenters. The van der Waals surface area contributed by atoms with Gasteiger partial charge in [0.1, 0.15) is 0 Å². The molecule has 1 amide bonds. The molecule has 2 heterocycles. The summed E-state index contributed by atoms with van der Waals surface area (Å²) in [6.45, 7) is 2.64. The molecule has 3 aromatic carbocycles. The van der Waals surface area contributed by atoms with Crippen molar-refractivity contribution in [1.29, 1.82) is 5.41 Å². The Labute approximate surface area is 261 Å². The third-order valence-electron chi connectivity index (χ3n) is 8.32. The number of nitrogens with one attached hydrogen (secondary N) is 2. The lowest BCUT2D eigenvalue weighted by molar-refractivity contribution is 0.100. The quantitative estimate of drug-likeness (QED) is 0.124. The van der Waals surface area contributed by atoms with Crippen molar-refractivity contribution in [1.82, 2.24) is 4.90 Å². The van der Waals surface area contributed by atoms with Crippen molar-refractivity contribution >= 4 is 51.8 Å². The van der Waals surface area contributed by atoms with E-state index in [0.717, 1.165) is 65.3 Å². The number of primary amides is 1. The van der Waals surface area contributed by atoms with Gasteiger partial charge in [-0.15, -0.1) is 11.3 Å². The van der Waals surface area contributed by atoms with E-state index < -0.39 is 0 Å². The number of piperidine rings is 1. The molecular weight excluding hydrogens is 583 g/mol. The minimum atomic E-state index is -0.378. The molecule has 2 aliphatic rings. The van der Waals surface area contributed by atoms with Crippen molar-refractivity contribution in [2.45, 2.75) is 44.2 Å². The van der Waals surface area contributed by atoms with E-state index in [9.17, 15) is 10.2 Å². The predicted molar refractivity (Wildman–Crippen MR) is 175 cm³/mol. The number of thiophene rings is 1. The first kappa shape index (κ1) is 28.9. The van der Waals surface area contributed by atoms with Gasteiger partial charge in [-0.05, 0) is 97.9 Å². The zero-order valence-electron chi connectivity index (χ0n) is 23.3. The topological polar surface area (TPSA) is 82.2 Å². The molecule has 42 heavy (non-hydrogen) atoms. The lowest BCUT2D eigenvalue weighted by atomic mass is 9.82. The summed E-state index contributed by atoms with van der Waals surface area (Å²) in [7, 11) is 0. The molecule has 4 N–H and O–H groups in total. The Morgan fingerprint density at radius 3 is 2.05 bits per heavy atom. The van der Waals surface area contributed by atoms with Gasteiger partial charge in [0.05, 0.1) is 5.56 Å². The first-order valence-corrected chi connectivity index (χ1v) is 16.1. The zero-order valence-corrected chi connectivity index (χ0v) is 25.6. The number of carbonyl (C=O) groups is 1. The van der Waals surface area contributed by atoms with Crippen LogP contribution in [0.1, 0.15) is 69.1 Å². The van der Waals surface area contributed by atoms with E-state index in [0.29, 0.717) is 27.4 Å². The van der Waals surface area contributed by atoms with Crippen molar-refractivity contribution < 1.29 is 4.79 Å². The summed E-state index contributed by atoms with van der Waals surface area (Å²) in [6.07, 6.45) is 4.20. The number of nitrogens with zero attached hydrogens (tertiary/aromatic N) is 1. The first-order valence-electron chi connectivity index (χ1n) is 14.4. The van der Waals surface area contributed by atoms with Crippen LogP contribution < -0.4 is 11.1 Å². The van der Waals surface area contributed by atoms with Crippen LogP contribution in [-0.2, 0) is 6.54 Å². The monoisotopic (exact) mass is 616 g/mol. The Balaban J connectivity index is 1.26. The summed E-state index contributed by atoms with van der Waals surface area (Å²) in [5.74, 6) is -0.207. The van der Waals surface area contributed by atoms with Crippen LogP contribution in [0, 0.1) is 11.3 Å². The lowest BCUT2D eigenvalue weighted by Crippen LogP contribution is -2.36. The number of rotatable bonds is 10. The molecule has 2 fully saturated rings. The molecule has 1 saturated carbocycles. The summed E-state index contributed by atoms with van der Waals surface area (Å²) < 4.78 is 0. The highest BCUT2D eigenvalue weighted by Gasteiger charge is 2.29. The van der Waals surface area contributed by atoms with Crippen LogP contribution in [-0.4, -0.2) is 35.7 Å². The number of nitrogens with two attached hydrogens (primary N) is 1. The van der Waals surface area contributed by atoms with Gasteiger partial charge in [-0.2, -0.15) is 0 Å². The van der Waals surface area contributed by atoms with Gasteiger partial charge in [-0.25, -0.2) is 0 Å². The van der Waals surface area contributed by atoms with Crippen LogP contribution in [0.2, 0.25) is 10.0 Å². The summed E-state index contributed by atoms with van der Waals surface area (Å²) in [5, 5.41) is 16.4. The smallest absolute Gasteiger partial charge is 0.249 e. The van der Waals surface area contributed by atoms with Crippen molar-refractivity contribution in [2.24, 2.45) is 11.7 Å². The Morgan fingerprint density at radius 2 is 1.50 bits per heavy atom. The van der Waals surface area contributed by atoms with Gasteiger partial charge in [-0.3, -0.25) is 9.69 Å². The zero-order chi connectivity index (χ0) is 29.2. The molecule has 8 heteroatoms. The first-order chi connectivity index (χ1) is 20.3. The van der Waals surface area contributed by atoms with Gasteiger partial charge in [0.2, 0.25) is 5.91 Å². The Bertz CT molecular complexity index is 1530. The minimum absolute atomic E-state index is 0.0148. The van der Waals surface area contributed by atoms with Gasteiger partial charge < -0.3 is 16.5 Å². The number of anilines is 1. The van der Waals surface area contributed by atoms with Gasteiger partial charge in [0, 0.05) is 61.7 Å². The molecule has 6 rings (SSSR count). The van der Waals surface area contributed by atoms with E-state index in [-0.39, 0.29) is 17.7 Å². The second kappa shape index (κ2) is 12.6. The maximum absolute atomic E-state index is 11.5. The van der Waals surface area contributed by atoms with E-state index >= 15 is 0 Å². The van der Waals surface area contributed by atoms with Crippen molar-refractivity contribution in [2.75, 3.05) is 18.4 Å². The molecule has 0 radical (unpaired) electrons. The second-order valence-corrected chi connectivity index (χ2v) is 13.3. The fourth-order valence-corrected chi connectivity index (χ4v) is 7.00. The molecule has 0 spiro atoms. The molecule has 1 aliphatic carbocycles. The van der Waals surface area contributed by atoms with Crippen molar-refractivity contribution in [3.8, 4) is 0 Å². The van der Waals surface area contributed by atoms with E-state index in [4.69, 9.17) is 28.9 Å². The fourth-order valence-electron chi connectivity index (χ4n) is 5.84. The molecule has 4 aromatic rings. The lowest BCUT2D eigenvalue weighted by Gasteiger charge is -2.32. The molecule has 0 bridgehead atoms. The van der Waals surface area contributed by atoms with Crippen molar-refractivity contribution in [3.05, 3.63) is 121 Å². The number of amides is 1. The number of hydrogen-bond donors (Lipinski definition) is 3. The average Bonchev–Trinajstić information content (AvgIpc) is 3.69. The third kappa shape index (κ3) is 6.73. The Kier molecular flexibility index (Phi) is 8.68. The highest BCUT2D eigenvalue weighted by Crippen LogP contribution is 2.37. The van der Waals surface area contributed by atoms with Crippen molar-refractivity contribution in [3.63, 3.8) is 0 Å². The maximum atomic E-state index is 11.5. The molecule has 1 aromatic heterocycles. The second-order valence-electron chi connectivity index (χ2n) is 11.4. The van der Waals surface area contributed by atoms with Gasteiger partial charge in [-0.1, -0.05) is 53.5 Å². The molecule has 216 valence electrons. The summed E-state index contributed by atoms with van der Waals surface area (Å²) in [5.41, 5.74) is 12.2. The SMILES string of the molecule is N=C(c1cc(C(c2ccc(Cl)cc2)c2ccc(Cl)cc2)ccc1NC1CC1)C1CCN(Cc2cc(C(N)=O)cs2)CC1. The molecule has 5 nitrogen and oxygen atoms in total. The van der Waals surface area contributed by atoms with E-state index in [2.05, 4.69) is 52.7 Å². The third-order valence-corrected chi connectivity index (χ3v) is 9.75. The average molecular weight is 618 g/mol. The predicted octanol–water partition coefficient (Wildman–Crippen LogP) is 8.19. The number of hydrogen-bond acceptors (Lipinski definition) is 5. The highest BCUT2D eigenvalue weighted by molar-refractivity contribution is 7.10. The van der Waals surface area contributed by atoms with Crippen LogP contribution in [0.25, 0.3) is 0 Å². The molecule has 1 aliphatic heterocycles. The van der Waals surface area contributed by atoms with E-state index in [1.807, 2.05) is 35.7 Å².